The molecule has 0 bridgehead atoms. The smallest absolute Gasteiger partial charge is 0.325 e. The second-order valence-electron chi connectivity index (χ2n) is 8.13. The molecule has 2 aromatic heterocycles. The number of ether oxygens (including phenoxy) is 1. The molecule has 2 amide bonds. The zero-order chi connectivity index (χ0) is 23.7. The summed E-state index contributed by atoms with van der Waals surface area (Å²) < 4.78 is 6.88. The van der Waals surface area contributed by atoms with Gasteiger partial charge in [-0.25, -0.2) is 0 Å². The van der Waals surface area contributed by atoms with Gasteiger partial charge in [0.1, 0.15) is 13.1 Å². The van der Waals surface area contributed by atoms with Crippen molar-refractivity contribution in [1.29, 1.82) is 0 Å². The van der Waals surface area contributed by atoms with Crippen molar-refractivity contribution in [3.05, 3.63) is 78.1 Å². The minimum atomic E-state index is -1.00. The third-order valence-electron chi connectivity index (χ3n) is 6.05. The summed E-state index contributed by atoms with van der Waals surface area (Å²) in [6.07, 6.45) is 1.66. The van der Waals surface area contributed by atoms with Crippen molar-refractivity contribution in [2.75, 3.05) is 13.2 Å². The van der Waals surface area contributed by atoms with Crippen LogP contribution in [0, 0.1) is 0 Å². The second kappa shape index (κ2) is 8.97. The van der Waals surface area contributed by atoms with Crippen molar-refractivity contribution in [2.45, 2.75) is 26.1 Å². The SMILES string of the molecule is CCOC(=O)CNC(=O)C1c2nccc3c4ccccc4n(c23)CC(=O)N1Cc1ccccc1. The Morgan fingerprint density at radius 3 is 2.62 bits per heavy atom. The largest absolute Gasteiger partial charge is 0.465 e. The van der Waals surface area contributed by atoms with Crippen LogP contribution in [0.15, 0.2) is 66.9 Å². The third-order valence-corrected chi connectivity index (χ3v) is 6.05. The van der Waals surface area contributed by atoms with Gasteiger partial charge in [0.05, 0.1) is 17.8 Å². The Balaban J connectivity index is 1.64. The summed E-state index contributed by atoms with van der Waals surface area (Å²) in [6, 6.07) is 18.3. The lowest BCUT2D eigenvalue weighted by Gasteiger charge is -2.29. The first-order valence-electron chi connectivity index (χ1n) is 11.2. The van der Waals surface area contributed by atoms with Crippen LogP contribution in [0.4, 0.5) is 0 Å². The van der Waals surface area contributed by atoms with Gasteiger partial charge < -0.3 is 19.5 Å². The molecule has 3 heterocycles. The van der Waals surface area contributed by atoms with Crippen molar-refractivity contribution in [2.24, 2.45) is 0 Å². The quantitative estimate of drug-likeness (QED) is 0.450. The van der Waals surface area contributed by atoms with Gasteiger partial charge >= 0.3 is 5.97 Å². The number of nitrogens with one attached hydrogen (secondary N) is 1. The monoisotopic (exact) mass is 456 g/mol. The maximum absolute atomic E-state index is 13.6. The first-order valence-corrected chi connectivity index (χ1v) is 11.2. The van der Waals surface area contributed by atoms with Gasteiger partial charge in [0.2, 0.25) is 11.8 Å². The summed E-state index contributed by atoms with van der Waals surface area (Å²) in [5.74, 6) is -1.22. The van der Waals surface area contributed by atoms with Crippen LogP contribution < -0.4 is 5.32 Å². The van der Waals surface area contributed by atoms with Crippen molar-refractivity contribution in [3.63, 3.8) is 0 Å². The lowest BCUT2D eigenvalue weighted by atomic mass is 10.1. The molecule has 1 aliphatic rings. The molecule has 1 N–H and O–H groups in total. The maximum Gasteiger partial charge on any atom is 0.325 e. The molecule has 0 saturated carbocycles. The van der Waals surface area contributed by atoms with E-state index < -0.39 is 17.9 Å². The first-order chi connectivity index (χ1) is 16.6. The zero-order valence-corrected chi connectivity index (χ0v) is 18.7. The van der Waals surface area contributed by atoms with Gasteiger partial charge in [-0.3, -0.25) is 19.4 Å². The van der Waals surface area contributed by atoms with Crippen molar-refractivity contribution < 1.29 is 19.1 Å². The molecule has 4 aromatic rings. The molecule has 0 aliphatic carbocycles. The van der Waals surface area contributed by atoms with E-state index in [4.69, 9.17) is 4.74 Å². The van der Waals surface area contributed by atoms with E-state index in [-0.39, 0.29) is 32.1 Å². The molecular weight excluding hydrogens is 432 g/mol. The highest BCUT2D eigenvalue weighted by Crippen LogP contribution is 2.37. The number of aromatic nitrogens is 2. The van der Waals surface area contributed by atoms with Gasteiger partial charge in [0.15, 0.2) is 6.04 Å². The molecule has 1 atom stereocenters. The fourth-order valence-electron chi connectivity index (χ4n) is 4.60. The van der Waals surface area contributed by atoms with Gasteiger partial charge in [-0.05, 0) is 24.6 Å². The lowest BCUT2D eigenvalue weighted by molar-refractivity contribution is -0.145. The van der Waals surface area contributed by atoms with Crippen LogP contribution in [0.2, 0.25) is 0 Å². The Kier molecular flexibility index (Phi) is 5.71. The third kappa shape index (κ3) is 3.77. The van der Waals surface area contributed by atoms with Gasteiger partial charge in [0, 0.05) is 29.0 Å². The summed E-state index contributed by atoms with van der Waals surface area (Å²) in [7, 11) is 0. The number of fused-ring (bicyclic) bond motifs is 3. The van der Waals surface area contributed by atoms with Gasteiger partial charge in [-0.2, -0.15) is 0 Å². The number of pyridine rings is 1. The highest BCUT2D eigenvalue weighted by molar-refractivity contribution is 6.11. The minimum absolute atomic E-state index is 0.0806. The number of amides is 2. The van der Waals surface area contributed by atoms with Gasteiger partial charge in [-0.15, -0.1) is 0 Å². The molecule has 0 spiro atoms. The van der Waals surface area contributed by atoms with E-state index in [1.54, 1.807) is 18.0 Å². The molecular formula is C26H24N4O4. The number of para-hydroxylation sites is 1. The summed E-state index contributed by atoms with van der Waals surface area (Å²) in [5, 5.41) is 4.58. The van der Waals surface area contributed by atoms with E-state index in [1.807, 2.05) is 65.2 Å². The highest BCUT2D eigenvalue weighted by Gasteiger charge is 2.38. The molecule has 8 nitrogen and oxygen atoms in total. The zero-order valence-electron chi connectivity index (χ0n) is 18.7. The van der Waals surface area contributed by atoms with Crippen LogP contribution in [-0.2, 0) is 32.2 Å². The van der Waals surface area contributed by atoms with Crippen molar-refractivity contribution in [3.8, 4) is 0 Å². The number of rotatable bonds is 6. The Morgan fingerprint density at radius 1 is 1.06 bits per heavy atom. The van der Waals surface area contributed by atoms with Crippen LogP contribution in [-0.4, -0.2) is 45.4 Å². The van der Waals surface area contributed by atoms with Crippen molar-refractivity contribution >= 4 is 39.6 Å². The van der Waals surface area contributed by atoms with Crippen molar-refractivity contribution in [1.82, 2.24) is 19.8 Å². The molecule has 0 radical (unpaired) electrons. The van der Waals surface area contributed by atoms with E-state index in [0.29, 0.717) is 5.69 Å². The Bertz CT molecular complexity index is 1400. The second-order valence-corrected chi connectivity index (χ2v) is 8.13. The minimum Gasteiger partial charge on any atom is -0.465 e. The number of benzene rings is 2. The van der Waals surface area contributed by atoms with Crippen LogP contribution in [0.3, 0.4) is 0 Å². The van der Waals surface area contributed by atoms with E-state index >= 15 is 0 Å². The van der Waals surface area contributed by atoms with E-state index in [0.717, 1.165) is 27.4 Å². The predicted octanol–water partition coefficient (Wildman–Crippen LogP) is 2.95. The van der Waals surface area contributed by atoms with E-state index in [2.05, 4.69) is 10.3 Å². The van der Waals surface area contributed by atoms with Crippen LogP contribution in [0.1, 0.15) is 24.2 Å². The molecule has 172 valence electrons. The average Bonchev–Trinajstić information content (AvgIpc) is 3.10. The molecule has 34 heavy (non-hydrogen) atoms. The number of nitrogens with zero attached hydrogens (tertiary/aromatic N) is 3. The average molecular weight is 457 g/mol. The first kappa shape index (κ1) is 21.6. The molecule has 1 aliphatic heterocycles. The summed E-state index contributed by atoms with van der Waals surface area (Å²) in [4.78, 5) is 45.2. The molecule has 1 unspecified atom stereocenters. The van der Waals surface area contributed by atoms with Gasteiger partial charge in [-0.1, -0.05) is 48.5 Å². The summed E-state index contributed by atoms with van der Waals surface area (Å²) in [5.41, 5.74) is 3.04. The van der Waals surface area contributed by atoms with E-state index in [9.17, 15) is 14.4 Å². The number of esters is 1. The Hall–Kier alpha value is -4.20. The van der Waals surface area contributed by atoms with E-state index in [1.165, 1.54) is 0 Å². The number of carbonyl (C=O) groups excluding carboxylic acids is 3. The lowest BCUT2D eigenvalue weighted by Crippen LogP contribution is -2.45. The van der Waals surface area contributed by atoms with Crippen LogP contribution >= 0.6 is 0 Å². The maximum atomic E-state index is 13.6. The van der Waals surface area contributed by atoms with Gasteiger partial charge in [0.25, 0.3) is 0 Å². The summed E-state index contributed by atoms with van der Waals surface area (Å²) in [6.45, 7) is 1.96. The van der Waals surface area contributed by atoms with Crippen LogP contribution in [0.5, 0.6) is 0 Å². The number of hydrogen-bond acceptors (Lipinski definition) is 5. The Morgan fingerprint density at radius 2 is 1.82 bits per heavy atom. The normalized spacial score (nSPS) is 15.4. The predicted molar refractivity (Wildman–Crippen MR) is 127 cm³/mol. The molecule has 0 saturated heterocycles. The molecule has 2 aromatic carbocycles. The van der Waals surface area contributed by atoms with Crippen LogP contribution in [0.25, 0.3) is 21.8 Å². The fraction of sp³-hybridized carbons (Fsp3) is 0.231. The molecule has 8 heteroatoms. The number of hydrogen-bond donors (Lipinski definition) is 1. The molecule has 0 fully saturated rings. The fourth-order valence-corrected chi connectivity index (χ4v) is 4.60. The Labute approximate surface area is 196 Å². The topological polar surface area (TPSA) is 93.5 Å². The summed E-state index contributed by atoms with van der Waals surface area (Å²) >= 11 is 0. The standard InChI is InChI=1S/C26H24N4O4/c1-2-34-22(32)14-28-26(33)25-23-24-19(12-13-27-23)18-10-6-7-11-20(18)29(24)16-21(31)30(25)15-17-8-4-3-5-9-17/h3-13,25H,2,14-16H2,1H3,(H,28,33). The molecule has 5 rings (SSSR count). The number of carbonyl (C=O) groups is 3. The highest BCUT2D eigenvalue weighted by atomic mass is 16.5.